The molecule has 0 bridgehead atoms. The molecule has 1 atom stereocenters. The number of benzene rings is 1. The molecule has 5 rings (SSSR count). The van der Waals surface area contributed by atoms with Gasteiger partial charge in [-0.1, -0.05) is 43.8 Å². The Morgan fingerprint density at radius 1 is 1.18 bits per heavy atom. The van der Waals surface area contributed by atoms with Crippen LogP contribution in [0.15, 0.2) is 65.2 Å². The topological polar surface area (TPSA) is 93.8 Å². The van der Waals surface area contributed by atoms with Crippen molar-refractivity contribution < 1.29 is 9.18 Å². The zero-order valence-corrected chi connectivity index (χ0v) is 19.2. The molecule has 33 heavy (non-hydrogen) atoms. The second-order valence-corrected chi connectivity index (χ2v) is 10.2. The van der Waals surface area contributed by atoms with E-state index >= 15 is 0 Å². The van der Waals surface area contributed by atoms with Gasteiger partial charge in [-0.3, -0.25) is 9.78 Å². The molecule has 1 aliphatic heterocycles. The van der Waals surface area contributed by atoms with Crippen LogP contribution in [0.1, 0.15) is 49.3 Å². The van der Waals surface area contributed by atoms with Crippen molar-refractivity contribution in [2.24, 2.45) is 5.41 Å². The van der Waals surface area contributed by atoms with Gasteiger partial charge in [0.1, 0.15) is 17.5 Å². The molecule has 168 valence electrons. The Morgan fingerprint density at radius 2 is 1.97 bits per heavy atom. The number of allylic oxidation sites excluding steroid dienone is 2. The fourth-order valence-corrected chi connectivity index (χ4v) is 5.39. The van der Waals surface area contributed by atoms with Crippen molar-refractivity contribution in [2.75, 3.05) is 11.1 Å². The van der Waals surface area contributed by atoms with Crippen LogP contribution in [-0.2, 0) is 10.5 Å². The van der Waals surface area contributed by atoms with Crippen molar-refractivity contribution in [1.29, 1.82) is 0 Å². The van der Waals surface area contributed by atoms with Gasteiger partial charge >= 0.3 is 0 Å². The first kappa shape index (κ1) is 21.6. The van der Waals surface area contributed by atoms with Gasteiger partial charge in [-0.2, -0.15) is 0 Å². The number of carbonyl (C=O) groups is 1. The Bertz CT molecular complexity index is 1260. The molecule has 1 aromatic carbocycles. The highest BCUT2D eigenvalue weighted by molar-refractivity contribution is 7.98. The van der Waals surface area contributed by atoms with E-state index in [2.05, 4.69) is 29.1 Å². The minimum atomic E-state index is -0.357. The van der Waals surface area contributed by atoms with Crippen LogP contribution in [0.4, 0.5) is 16.0 Å². The quantitative estimate of drug-likeness (QED) is 0.413. The summed E-state index contributed by atoms with van der Waals surface area (Å²) in [5, 5.41) is 3.94. The summed E-state index contributed by atoms with van der Waals surface area (Å²) in [6, 6.07) is 10.2. The van der Waals surface area contributed by atoms with Gasteiger partial charge in [-0.15, -0.1) is 0 Å². The first-order chi connectivity index (χ1) is 15.8. The maximum Gasteiger partial charge on any atom is 0.191 e. The molecule has 0 radical (unpaired) electrons. The third-order valence-corrected chi connectivity index (χ3v) is 6.94. The minimum absolute atomic E-state index is 0.113. The number of aromatic nitrogens is 3. The highest BCUT2D eigenvalue weighted by Gasteiger charge is 2.42. The monoisotopic (exact) mass is 461 g/mol. The van der Waals surface area contributed by atoms with Crippen molar-refractivity contribution in [3.05, 3.63) is 82.6 Å². The summed E-state index contributed by atoms with van der Waals surface area (Å²) in [4.78, 5) is 26.9. The third kappa shape index (κ3) is 4.23. The number of ketones is 1. The number of nitrogens with two attached hydrogens (primary N) is 1. The molecule has 0 unspecified atom stereocenters. The molecule has 2 aliphatic rings. The van der Waals surface area contributed by atoms with Crippen molar-refractivity contribution >= 4 is 29.2 Å². The molecule has 0 saturated heterocycles. The van der Waals surface area contributed by atoms with Crippen LogP contribution in [-0.4, -0.2) is 20.7 Å². The largest absolute Gasteiger partial charge is 0.383 e. The van der Waals surface area contributed by atoms with E-state index in [1.165, 1.54) is 23.9 Å². The molecule has 8 heteroatoms. The van der Waals surface area contributed by atoms with E-state index in [9.17, 15) is 9.18 Å². The first-order valence-electron chi connectivity index (χ1n) is 10.8. The van der Waals surface area contributed by atoms with E-state index in [1.807, 2.05) is 12.1 Å². The number of thioether (sulfide) groups is 1. The molecule has 0 saturated carbocycles. The molecule has 3 aromatic rings. The second-order valence-electron chi connectivity index (χ2n) is 9.25. The van der Waals surface area contributed by atoms with E-state index < -0.39 is 0 Å². The van der Waals surface area contributed by atoms with Crippen LogP contribution in [0.25, 0.3) is 0 Å². The van der Waals surface area contributed by atoms with Crippen molar-refractivity contribution in [3.8, 4) is 0 Å². The number of hydrogen-bond donors (Lipinski definition) is 2. The summed E-state index contributed by atoms with van der Waals surface area (Å²) in [7, 11) is 0. The van der Waals surface area contributed by atoms with E-state index in [4.69, 9.17) is 10.7 Å². The molecule has 1 aliphatic carbocycles. The van der Waals surface area contributed by atoms with E-state index in [0.717, 1.165) is 28.8 Å². The minimum Gasteiger partial charge on any atom is -0.383 e. The number of carbonyl (C=O) groups excluding carboxylic acids is 1. The number of nitrogens with one attached hydrogen (secondary N) is 1. The molecule has 0 fully saturated rings. The van der Waals surface area contributed by atoms with Crippen molar-refractivity contribution in [3.63, 3.8) is 0 Å². The Kier molecular flexibility index (Phi) is 5.40. The lowest BCUT2D eigenvalue weighted by molar-refractivity contribution is -0.118. The Hall–Kier alpha value is -3.26. The lowest BCUT2D eigenvalue weighted by atomic mass is 9.69. The van der Waals surface area contributed by atoms with Gasteiger partial charge < -0.3 is 11.1 Å². The Balaban J connectivity index is 1.55. The molecular weight excluding hydrogens is 437 g/mol. The lowest BCUT2D eigenvalue weighted by Gasteiger charge is -2.39. The van der Waals surface area contributed by atoms with Gasteiger partial charge in [0.2, 0.25) is 0 Å². The van der Waals surface area contributed by atoms with Crippen LogP contribution in [0, 0.1) is 11.2 Å². The summed E-state index contributed by atoms with van der Waals surface area (Å²) in [5.41, 5.74) is 10.5. The predicted octanol–water partition coefficient (Wildman–Crippen LogP) is 5.09. The zero-order valence-electron chi connectivity index (χ0n) is 18.4. The van der Waals surface area contributed by atoms with Gasteiger partial charge in [-0.05, 0) is 41.2 Å². The highest BCUT2D eigenvalue weighted by Crippen LogP contribution is 2.49. The van der Waals surface area contributed by atoms with Gasteiger partial charge in [-0.25, -0.2) is 14.4 Å². The standard InChI is InChI=1S/C25H24FN5OS/c1-25(2)10-17-20(18(32)11-25)19(15-4-3-9-28-12-15)21-22(27)30-24(31-23(21)29-17)33-13-14-5-7-16(26)8-6-14/h3-9,12,19H,10-11,13H2,1-2H3,(H3,27,29,30,31)/t19-/m0/s1. The predicted molar refractivity (Wildman–Crippen MR) is 127 cm³/mol. The average Bonchev–Trinajstić information content (AvgIpc) is 2.77. The number of pyridine rings is 1. The van der Waals surface area contributed by atoms with Crippen LogP contribution < -0.4 is 11.1 Å². The number of nitrogens with zero attached hydrogens (tertiary/aromatic N) is 3. The van der Waals surface area contributed by atoms with Crippen molar-refractivity contribution in [1.82, 2.24) is 15.0 Å². The number of Topliss-reactive ketones (excluding diaryl/α,β-unsaturated/α-hetero) is 1. The van der Waals surface area contributed by atoms with E-state index in [0.29, 0.717) is 34.5 Å². The normalized spacial score (nSPS) is 19.0. The second kappa shape index (κ2) is 8.26. The molecule has 2 aromatic heterocycles. The first-order valence-corrected chi connectivity index (χ1v) is 11.8. The molecule has 0 spiro atoms. The molecule has 0 amide bonds. The molecule has 6 nitrogen and oxygen atoms in total. The summed E-state index contributed by atoms with van der Waals surface area (Å²) >= 11 is 1.43. The average molecular weight is 462 g/mol. The number of fused-ring (bicyclic) bond motifs is 1. The van der Waals surface area contributed by atoms with Gasteiger partial charge in [0.05, 0.1) is 0 Å². The molecule has 3 N–H and O–H groups in total. The number of hydrogen-bond acceptors (Lipinski definition) is 7. The molecule has 3 heterocycles. The van der Waals surface area contributed by atoms with Crippen molar-refractivity contribution in [2.45, 2.75) is 43.5 Å². The lowest BCUT2D eigenvalue weighted by Crippen LogP contribution is -2.34. The maximum absolute atomic E-state index is 13.3. The van der Waals surface area contributed by atoms with Crippen LogP contribution in [0.3, 0.4) is 0 Å². The third-order valence-electron chi connectivity index (χ3n) is 6.02. The summed E-state index contributed by atoms with van der Waals surface area (Å²) in [5.74, 6) is 1.04. The number of rotatable bonds is 4. The van der Waals surface area contributed by atoms with Gasteiger partial charge in [0, 0.05) is 47.3 Å². The van der Waals surface area contributed by atoms with Gasteiger partial charge in [0.15, 0.2) is 10.9 Å². The van der Waals surface area contributed by atoms with E-state index in [-0.39, 0.29) is 22.9 Å². The molecular formula is C25H24FN5OS. The highest BCUT2D eigenvalue weighted by atomic mass is 32.2. The number of nitrogen functional groups attached to an aromatic ring is 1. The Labute approximate surface area is 195 Å². The fourth-order valence-electron chi connectivity index (χ4n) is 4.59. The van der Waals surface area contributed by atoms with Gasteiger partial charge in [0.25, 0.3) is 0 Å². The smallest absolute Gasteiger partial charge is 0.191 e. The summed E-state index contributed by atoms with van der Waals surface area (Å²) < 4.78 is 13.2. The summed E-state index contributed by atoms with van der Waals surface area (Å²) in [6.45, 7) is 4.20. The Morgan fingerprint density at radius 3 is 2.70 bits per heavy atom. The zero-order chi connectivity index (χ0) is 23.2. The van der Waals surface area contributed by atoms with Crippen LogP contribution >= 0.6 is 11.8 Å². The fraction of sp³-hybridized carbons (Fsp3) is 0.280. The maximum atomic E-state index is 13.3. The number of halogens is 1. The number of anilines is 2. The van der Waals surface area contributed by atoms with E-state index in [1.54, 1.807) is 24.5 Å². The SMILES string of the molecule is CC1(C)CC(=O)C2=C(C1)Nc1nc(SCc3ccc(F)cc3)nc(N)c1[C@H]2c1cccnc1. The summed E-state index contributed by atoms with van der Waals surface area (Å²) in [6.07, 6.45) is 4.70. The van der Waals surface area contributed by atoms with Crippen LogP contribution in [0.2, 0.25) is 0 Å². The van der Waals surface area contributed by atoms with Crippen LogP contribution in [0.5, 0.6) is 0 Å².